The van der Waals surface area contributed by atoms with Gasteiger partial charge in [-0.1, -0.05) is 0 Å². The van der Waals surface area contributed by atoms with Crippen LogP contribution in [0.4, 0.5) is 10.1 Å². The van der Waals surface area contributed by atoms with Crippen molar-refractivity contribution >= 4 is 22.6 Å². The van der Waals surface area contributed by atoms with Crippen LogP contribution in [0, 0.1) is 5.82 Å². The number of carbonyl (C=O) groups excluding carboxylic acids is 1. The van der Waals surface area contributed by atoms with Crippen LogP contribution in [0.3, 0.4) is 0 Å². The van der Waals surface area contributed by atoms with Crippen LogP contribution in [0.2, 0.25) is 0 Å². The number of carbonyl (C=O) groups is 1. The number of anilines is 1. The Kier molecular flexibility index (Phi) is 5.07. The summed E-state index contributed by atoms with van der Waals surface area (Å²) in [5.74, 6) is 1.56. The highest BCUT2D eigenvalue weighted by Crippen LogP contribution is 2.34. The summed E-state index contributed by atoms with van der Waals surface area (Å²) in [5.41, 5.74) is 3.18. The molecule has 0 spiro atoms. The average molecular weight is 408 g/mol. The molecule has 0 radical (unpaired) electrons. The van der Waals surface area contributed by atoms with Gasteiger partial charge in [-0.3, -0.25) is 4.79 Å². The fourth-order valence-corrected chi connectivity index (χ4v) is 4.43. The molecule has 3 aromatic rings. The first-order valence-electron chi connectivity index (χ1n) is 10.6. The van der Waals surface area contributed by atoms with Crippen molar-refractivity contribution in [3.05, 3.63) is 59.6 Å². The number of halogens is 1. The molecule has 1 saturated heterocycles. The Labute approximate surface area is 175 Å². The van der Waals surface area contributed by atoms with E-state index >= 15 is 0 Å². The highest BCUT2D eigenvalue weighted by Gasteiger charge is 2.22. The number of nitrogens with zero attached hydrogens (tertiary/aromatic N) is 2. The van der Waals surface area contributed by atoms with Gasteiger partial charge in [-0.05, 0) is 61.7 Å². The average Bonchev–Trinajstić information content (AvgIpc) is 3.16. The summed E-state index contributed by atoms with van der Waals surface area (Å²) in [6, 6.07) is 12.3. The van der Waals surface area contributed by atoms with Gasteiger partial charge in [0.15, 0.2) is 6.61 Å². The number of fused-ring (bicyclic) bond motifs is 3. The number of benzene rings is 2. The van der Waals surface area contributed by atoms with E-state index in [0.29, 0.717) is 18.8 Å². The summed E-state index contributed by atoms with van der Waals surface area (Å²) < 4.78 is 24.9. The second-order valence-electron chi connectivity index (χ2n) is 8.00. The van der Waals surface area contributed by atoms with Crippen molar-refractivity contribution in [3.8, 4) is 5.75 Å². The maximum absolute atomic E-state index is 13.1. The normalized spacial score (nSPS) is 16.6. The summed E-state index contributed by atoms with van der Waals surface area (Å²) in [6.07, 6.45) is 4.42. The lowest BCUT2D eigenvalue weighted by molar-refractivity contribution is -0.133. The Morgan fingerprint density at radius 3 is 2.57 bits per heavy atom. The monoisotopic (exact) mass is 408 g/mol. The Morgan fingerprint density at radius 2 is 1.77 bits per heavy atom. The maximum Gasteiger partial charge on any atom is 0.260 e. The maximum atomic E-state index is 13.1. The van der Waals surface area contributed by atoms with Gasteiger partial charge in [0.05, 0.1) is 0 Å². The lowest BCUT2D eigenvalue weighted by Gasteiger charge is -2.36. The van der Waals surface area contributed by atoms with Gasteiger partial charge in [-0.25, -0.2) is 4.39 Å². The van der Waals surface area contributed by atoms with Crippen molar-refractivity contribution in [2.75, 3.05) is 37.7 Å². The Morgan fingerprint density at radius 1 is 1.00 bits per heavy atom. The summed E-state index contributed by atoms with van der Waals surface area (Å²) in [5, 5.41) is 1.11. The fourth-order valence-electron chi connectivity index (χ4n) is 4.43. The number of furan rings is 1. The molecule has 2 heterocycles. The van der Waals surface area contributed by atoms with Crippen molar-refractivity contribution in [3.63, 3.8) is 0 Å². The minimum absolute atomic E-state index is 0.0110. The van der Waals surface area contributed by atoms with Gasteiger partial charge < -0.3 is 19.0 Å². The van der Waals surface area contributed by atoms with Crippen LogP contribution in [-0.2, 0) is 17.6 Å². The van der Waals surface area contributed by atoms with Crippen LogP contribution in [0.1, 0.15) is 24.2 Å². The lowest BCUT2D eigenvalue weighted by atomic mass is 9.96. The molecule has 1 aliphatic heterocycles. The first-order chi connectivity index (χ1) is 14.7. The van der Waals surface area contributed by atoms with E-state index in [1.165, 1.54) is 30.5 Å². The molecule has 0 N–H and O–H groups in total. The van der Waals surface area contributed by atoms with Gasteiger partial charge >= 0.3 is 0 Å². The fraction of sp³-hybridized carbons (Fsp3) is 0.375. The van der Waals surface area contributed by atoms with Crippen LogP contribution in [0.15, 0.2) is 46.9 Å². The number of ether oxygens (including phenoxy) is 1. The van der Waals surface area contributed by atoms with Crippen LogP contribution in [0.5, 0.6) is 5.75 Å². The SMILES string of the molecule is O=C(COc1ccc2oc3c(c2c1)CCCC3)N1CCN(c2ccc(F)cc2)CC1. The minimum Gasteiger partial charge on any atom is -0.484 e. The van der Waals surface area contributed by atoms with E-state index in [-0.39, 0.29) is 18.3 Å². The van der Waals surface area contributed by atoms with Crippen LogP contribution in [0.25, 0.3) is 11.0 Å². The molecule has 5 nitrogen and oxygen atoms in total. The van der Waals surface area contributed by atoms with Crippen molar-refractivity contribution in [2.24, 2.45) is 0 Å². The minimum atomic E-state index is -0.237. The first-order valence-corrected chi connectivity index (χ1v) is 10.6. The largest absolute Gasteiger partial charge is 0.484 e. The van der Waals surface area contributed by atoms with Crippen molar-refractivity contribution in [1.29, 1.82) is 0 Å². The molecule has 1 fully saturated rings. The quantitative estimate of drug-likeness (QED) is 0.650. The molecule has 1 aromatic heterocycles. The summed E-state index contributed by atoms with van der Waals surface area (Å²) in [7, 11) is 0. The van der Waals surface area contributed by atoms with E-state index in [0.717, 1.165) is 48.3 Å². The van der Waals surface area contributed by atoms with Crippen molar-refractivity contribution < 1.29 is 18.3 Å². The highest BCUT2D eigenvalue weighted by atomic mass is 19.1. The Balaban J connectivity index is 1.18. The smallest absolute Gasteiger partial charge is 0.260 e. The molecule has 0 unspecified atom stereocenters. The van der Waals surface area contributed by atoms with E-state index in [1.54, 1.807) is 12.1 Å². The zero-order chi connectivity index (χ0) is 20.5. The van der Waals surface area contributed by atoms with E-state index in [1.807, 2.05) is 23.1 Å². The summed E-state index contributed by atoms with van der Waals surface area (Å²) in [6.45, 7) is 2.75. The molecule has 6 heteroatoms. The predicted molar refractivity (Wildman–Crippen MR) is 114 cm³/mol. The molecule has 1 aliphatic carbocycles. The van der Waals surface area contributed by atoms with Gasteiger partial charge in [-0.15, -0.1) is 0 Å². The van der Waals surface area contributed by atoms with Gasteiger partial charge in [0.1, 0.15) is 22.9 Å². The molecule has 0 bridgehead atoms. The number of amides is 1. The van der Waals surface area contributed by atoms with E-state index in [2.05, 4.69) is 4.90 Å². The third-order valence-corrected chi connectivity index (χ3v) is 6.11. The topological polar surface area (TPSA) is 45.9 Å². The molecule has 156 valence electrons. The van der Waals surface area contributed by atoms with E-state index < -0.39 is 0 Å². The van der Waals surface area contributed by atoms with Gasteiger partial charge in [0.2, 0.25) is 0 Å². The second kappa shape index (κ2) is 8.01. The Bertz CT molecular complexity index is 1050. The molecular weight excluding hydrogens is 383 g/mol. The molecule has 1 amide bonds. The van der Waals surface area contributed by atoms with Crippen molar-refractivity contribution in [2.45, 2.75) is 25.7 Å². The van der Waals surface area contributed by atoms with Crippen molar-refractivity contribution in [1.82, 2.24) is 4.90 Å². The standard InChI is InChI=1S/C24H25FN2O3/c25-17-5-7-18(8-6-17)26-11-13-27(14-12-26)24(28)16-29-19-9-10-23-21(15-19)20-3-1-2-4-22(20)30-23/h5-10,15H,1-4,11-14,16H2. The van der Waals surface area contributed by atoms with Gasteiger partial charge in [0, 0.05) is 49.2 Å². The molecule has 30 heavy (non-hydrogen) atoms. The number of hydrogen-bond donors (Lipinski definition) is 0. The van der Waals surface area contributed by atoms with Crippen LogP contribution >= 0.6 is 0 Å². The third-order valence-electron chi connectivity index (χ3n) is 6.11. The number of piperazine rings is 1. The lowest BCUT2D eigenvalue weighted by Crippen LogP contribution is -2.50. The molecule has 5 rings (SSSR count). The number of aryl methyl sites for hydroxylation is 2. The van der Waals surface area contributed by atoms with E-state index in [4.69, 9.17) is 9.15 Å². The third kappa shape index (κ3) is 3.74. The molecule has 2 aliphatic rings. The summed E-state index contributed by atoms with van der Waals surface area (Å²) >= 11 is 0. The van der Waals surface area contributed by atoms with E-state index in [9.17, 15) is 9.18 Å². The zero-order valence-corrected chi connectivity index (χ0v) is 16.9. The zero-order valence-electron chi connectivity index (χ0n) is 16.9. The van der Waals surface area contributed by atoms with Gasteiger partial charge in [-0.2, -0.15) is 0 Å². The van der Waals surface area contributed by atoms with Crippen LogP contribution < -0.4 is 9.64 Å². The highest BCUT2D eigenvalue weighted by molar-refractivity contribution is 5.84. The number of rotatable bonds is 4. The predicted octanol–water partition coefficient (Wildman–Crippen LogP) is 4.18. The molecular formula is C24H25FN2O3. The first kappa shape index (κ1) is 19.0. The van der Waals surface area contributed by atoms with Crippen LogP contribution in [-0.4, -0.2) is 43.6 Å². The molecule has 0 saturated carbocycles. The number of hydrogen-bond acceptors (Lipinski definition) is 4. The second-order valence-corrected chi connectivity index (χ2v) is 8.00. The molecule has 2 aromatic carbocycles. The van der Waals surface area contributed by atoms with Gasteiger partial charge in [0.25, 0.3) is 5.91 Å². The molecule has 0 atom stereocenters. The Hall–Kier alpha value is -3.02. The summed E-state index contributed by atoms with van der Waals surface area (Å²) in [4.78, 5) is 16.6.